The van der Waals surface area contributed by atoms with Crippen molar-refractivity contribution in [3.8, 4) is 0 Å². The van der Waals surface area contributed by atoms with Gasteiger partial charge in [0.2, 0.25) is 0 Å². The van der Waals surface area contributed by atoms with E-state index in [1.165, 1.54) is 5.57 Å². The van der Waals surface area contributed by atoms with Crippen molar-refractivity contribution < 1.29 is 38.4 Å². The molecule has 3 aliphatic heterocycles. The summed E-state index contributed by atoms with van der Waals surface area (Å²) in [5, 5.41) is 10.1. The van der Waals surface area contributed by atoms with Crippen LogP contribution in [0, 0.1) is 16.7 Å². The molecule has 0 amide bonds. The first-order valence-electron chi connectivity index (χ1n) is 14.2. The van der Waals surface area contributed by atoms with Crippen LogP contribution in [0.4, 0.5) is 0 Å². The van der Waals surface area contributed by atoms with Crippen molar-refractivity contribution in [3.05, 3.63) is 11.6 Å². The van der Waals surface area contributed by atoms with Gasteiger partial charge < -0.3 is 28.8 Å². The van der Waals surface area contributed by atoms with Gasteiger partial charge in [0.25, 0.3) is 0 Å². The molecule has 2 bridgehead atoms. The number of aliphatic hydroxyl groups is 1. The lowest BCUT2D eigenvalue weighted by molar-refractivity contribution is -0.233. The molecule has 0 aromatic heterocycles. The third-order valence-electron chi connectivity index (χ3n) is 10.1. The highest BCUT2D eigenvalue weighted by Gasteiger charge is 2.83. The first-order chi connectivity index (χ1) is 17.6. The SMILES string of the molecule is CC1=CC2OC3C[C@H]4OC(=O)CCCC[C@@H]([C@H](C)O)OCCC(C)CC(=O)OC[C@@]2(CC1)[C@]4(C)C31CO1. The molecule has 5 aliphatic rings. The third-order valence-corrected chi connectivity index (χ3v) is 10.1. The number of carbonyl (C=O) groups is 2. The molecule has 9 atom stereocenters. The summed E-state index contributed by atoms with van der Waals surface area (Å²) >= 11 is 0. The second-order valence-electron chi connectivity index (χ2n) is 12.5. The summed E-state index contributed by atoms with van der Waals surface area (Å²) < 4.78 is 31.1. The van der Waals surface area contributed by atoms with E-state index >= 15 is 0 Å². The Kier molecular flexibility index (Phi) is 7.51. The lowest BCUT2D eigenvalue weighted by atomic mass is 9.51. The summed E-state index contributed by atoms with van der Waals surface area (Å²) in [6.07, 6.45) is 6.30. The summed E-state index contributed by atoms with van der Waals surface area (Å²) in [4.78, 5) is 26.1. The Morgan fingerprint density at radius 1 is 1.08 bits per heavy atom. The minimum atomic E-state index is -0.595. The Balaban J connectivity index is 1.42. The van der Waals surface area contributed by atoms with Crippen LogP contribution >= 0.6 is 0 Å². The molecule has 2 aliphatic carbocycles. The zero-order valence-corrected chi connectivity index (χ0v) is 22.8. The summed E-state index contributed by atoms with van der Waals surface area (Å²) in [5.41, 5.74) is -0.285. The molecule has 0 aromatic carbocycles. The van der Waals surface area contributed by atoms with E-state index in [4.69, 9.17) is 23.7 Å². The fraction of sp³-hybridized carbons (Fsp3) is 0.862. The van der Waals surface area contributed by atoms with Crippen molar-refractivity contribution in [1.82, 2.24) is 0 Å². The van der Waals surface area contributed by atoms with Crippen molar-refractivity contribution in [2.45, 2.75) is 122 Å². The molecule has 8 nitrogen and oxygen atoms in total. The third kappa shape index (κ3) is 4.66. The van der Waals surface area contributed by atoms with E-state index in [0.29, 0.717) is 51.7 Å². The van der Waals surface area contributed by atoms with Crippen molar-refractivity contribution in [2.24, 2.45) is 16.7 Å². The average Bonchev–Trinajstić information content (AvgIpc) is 3.61. The maximum Gasteiger partial charge on any atom is 0.306 e. The van der Waals surface area contributed by atoms with Gasteiger partial charge in [-0.15, -0.1) is 0 Å². The fourth-order valence-electron chi connectivity index (χ4n) is 7.51. The fourth-order valence-corrected chi connectivity index (χ4v) is 7.51. The number of carbonyl (C=O) groups excluding carboxylic acids is 2. The van der Waals surface area contributed by atoms with Gasteiger partial charge in [0.05, 0.1) is 36.4 Å². The smallest absolute Gasteiger partial charge is 0.306 e. The van der Waals surface area contributed by atoms with Gasteiger partial charge in [0.15, 0.2) is 0 Å². The van der Waals surface area contributed by atoms with Crippen LogP contribution in [-0.2, 0) is 33.3 Å². The molecule has 37 heavy (non-hydrogen) atoms. The molecule has 4 unspecified atom stereocenters. The predicted molar refractivity (Wildman–Crippen MR) is 135 cm³/mol. The Labute approximate surface area is 220 Å². The van der Waals surface area contributed by atoms with E-state index in [-0.39, 0.29) is 48.9 Å². The second-order valence-corrected chi connectivity index (χ2v) is 12.5. The standard InChI is InChI=1S/C29H44O8/c1-18-9-11-28-16-34-26(32)14-19(2)10-12-33-21(20(3)30)7-5-6-8-25(31)37-22-15-24(36-23(28)13-18)29(17-35-29)27(22,28)4/h13,19-24,30H,5-12,14-17H2,1-4H3/t19?,20-,21-,22+,23?,24?,27+,28+,29?/m0/s1. The number of rotatable bonds is 1. The molecule has 4 fully saturated rings. The predicted octanol–water partition coefficient (Wildman–Crippen LogP) is 3.87. The molecule has 1 saturated carbocycles. The quantitative estimate of drug-likeness (QED) is 0.316. The average molecular weight is 521 g/mol. The molecule has 3 heterocycles. The number of epoxide rings is 1. The maximum absolute atomic E-state index is 13.1. The largest absolute Gasteiger partial charge is 0.465 e. The van der Waals surface area contributed by atoms with Gasteiger partial charge in [-0.25, -0.2) is 0 Å². The Hall–Kier alpha value is -1.48. The van der Waals surface area contributed by atoms with Crippen molar-refractivity contribution in [2.75, 3.05) is 19.8 Å². The van der Waals surface area contributed by atoms with E-state index in [9.17, 15) is 14.7 Å². The Morgan fingerprint density at radius 2 is 1.86 bits per heavy atom. The number of hydrogen-bond acceptors (Lipinski definition) is 8. The van der Waals surface area contributed by atoms with Gasteiger partial charge in [0.1, 0.15) is 18.3 Å². The van der Waals surface area contributed by atoms with E-state index in [0.717, 1.165) is 19.3 Å². The number of allylic oxidation sites excluding steroid dienone is 1. The monoisotopic (exact) mass is 520 g/mol. The second kappa shape index (κ2) is 10.2. The first-order valence-corrected chi connectivity index (χ1v) is 14.2. The molecule has 0 aromatic rings. The number of hydrogen-bond donors (Lipinski definition) is 1. The summed E-state index contributed by atoms with van der Waals surface area (Å²) in [5.74, 6) is -0.350. The van der Waals surface area contributed by atoms with E-state index in [1.807, 2.05) is 6.92 Å². The van der Waals surface area contributed by atoms with Crippen LogP contribution in [-0.4, -0.2) is 73.0 Å². The lowest BCUT2D eigenvalue weighted by Crippen LogP contribution is -2.66. The summed E-state index contributed by atoms with van der Waals surface area (Å²) in [6.45, 7) is 9.32. The molecule has 5 rings (SSSR count). The van der Waals surface area contributed by atoms with Crippen LogP contribution in [0.25, 0.3) is 0 Å². The van der Waals surface area contributed by atoms with Crippen molar-refractivity contribution in [3.63, 3.8) is 0 Å². The van der Waals surface area contributed by atoms with E-state index in [1.54, 1.807) is 6.92 Å². The zero-order chi connectivity index (χ0) is 26.4. The molecular formula is C29H44O8. The maximum atomic E-state index is 13.1. The number of esters is 2. The molecule has 8 heteroatoms. The highest BCUT2D eigenvalue weighted by molar-refractivity contribution is 5.70. The molecule has 3 saturated heterocycles. The number of ether oxygens (including phenoxy) is 5. The van der Waals surface area contributed by atoms with Crippen molar-refractivity contribution >= 4 is 11.9 Å². The highest BCUT2D eigenvalue weighted by atomic mass is 16.6. The molecular weight excluding hydrogens is 476 g/mol. The molecule has 2 spiro atoms. The van der Waals surface area contributed by atoms with Crippen LogP contribution < -0.4 is 0 Å². The van der Waals surface area contributed by atoms with Crippen LogP contribution in [0.15, 0.2) is 11.6 Å². The van der Waals surface area contributed by atoms with Crippen LogP contribution in [0.5, 0.6) is 0 Å². The van der Waals surface area contributed by atoms with E-state index < -0.39 is 22.5 Å². The summed E-state index contributed by atoms with van der Waals surface area (Å²) in [6, 6.07) is 0. The Bertz CT molecular complexity index is 910. The number of cyclic esters (lactones) is 1. The van der Waals surface area contributed by atoms with Gasteiger partial charge in [-0.05, 0) is 51.9 Å². The van der Waals surface area contributed by atoms with Gasteiger partial charge >= 0.3 is 11.9 Å². The topological polar surface area (TPSA) is 104 Å². The molecule has 0 radical (unpaired) electrons. The molecule has 208 valence electrons. The lowest BCUT2D eigenvalue weighted by Gasteiger charge is -2.58. The zero-order valence-electron chi connectivity index (χ0n) is 22.8. The normalized spacial score (nSPS) is 46.1. The minimum Gasteiger partial charge on any atom is -0.465 e. The Morgan fingerprint density at radius 3 is 2.59 bits per heavy atom. The van der Waals surface area contributed by atoms with Crippen LogP contribution in [0.2, 0.25) is 0 Å². The van der Waals surface area contributed by atoms with Crippen LogP contribution in [0.1, 0.15) is 85.5 Å². The minimum absolute atomic E-state index is 0.101. The van der Waals surface area contributed by atoms with Gasteiger partial charge in [-0.3, -0.25) is 9.59 Å². The highest BCUT2D eigenvalue weighted by Crippen LogP contribution is 2.72. The van der Waals surface area contributed by atoms with Gasteiger partial charge in [0, 0.05) is 31.3 Å². The van der Waals surface area contributed by atoms with Gasteiger partial charge in [-0.1, -0.05) is 31.9 Å². The molecule has 1 N–H and O–H groups in total. The number of aliphatic hydroxyl groups excluding tert-OH is 1. The first kappa shape index (κ1) is 27.1. The van der Waals surface area contributed by atoms with Gasteiger partial charge in [-0.2, -0.15) is 0 Å². The van der Waals surface area contributed by atoms with Crippen molar-refractivity contribution in [1.29, 1.82) is 0 Å². The summed E-state index contributed by atoms with van der Waals surface area (Å²) in [7, 11) is 0. The van der Waals surface area contributed by atoms with Crippen LogP contribution in [0.3, 0.4) is 0 Å². The van der Waals surface area contributed by atoms with E-state index in [2.05, 4.69) is 19.9 Å².